The van der Waals surface area contributed by atoms with Crippen LogP contribution in [0.25, 0.3) is 0 Å². The third-order valence-corrected chi connectivity index (χ3v) is 4.12. The molecule has 8 heteroatoms. The first kappa shape index (κ1) is 20.2. The van der Waals surface area contributed by atoms with Crippen molar-refractivity contribution >= 4 is 15.7 Å². The number of aliphatic hydroxyl groups excluding tert-OH is 1. The average molecular weight is 382 g/mol. The zero-order chi connectivity index (χ0) is 19.0. The molecule has 0 saturated carbocycles. The molecule has 0 bridgehead atoms. The number of hydrogen-bond acceptors (Lipinski definition) is 5. The molecule has 0 aromatic heterocycles. The Morgan fingerprint density at radius 3 is 2.50 bits per heavy atom. The first-order valence-electron chi connectivity index (χ1n) is 8.16. The molecule has 0 aliphatic heterocycles. The van der Waals surface area contributed by atoms with Gasteiger partial charge in [0.2, 0.25) is 10.0 Å². The molecule has 2 aromatic carbocycles. The summed E-state index contributed by atoms with van der Waals surface area (Å²) in [4.78, 5) is 0. The van der Waals surface area contributed by atoms with Gasteiger partial charge in [0.25, 0.3) is 0 Å². The summed E-state index contributed by atoms with van der Waals surface area (Å²) in [5.74, 6) is 0.293. The van der Waals surface area contributed by atoms with Crippen LogP contribution in [0.2, 0.25) is 0 Å². The Morgan fingerprint density at radius 2 is 1.85 bits per heavy atom. The number of aliphatic hydroxyl groups is 1. The van der Waals surface area contributed by atoms with E-state index < -0.39 is 16.1 Å². The zero-order valence-electron chi connectivity index (χ0n) is 14.5. The molecule has 0 unspecified atom stereocenters. The van der Waals surface area contributed by atoms with Crippen molar-refractivity contribution in [3.63, 3.8) is 0 Å². The molecule has 0 fully saturated rings. The van der Waals surface area contributed by atoms with Crippen molar-refractivity contribution < 1.29 is 22.7 Å². The van der Waals surface area contributed by atoms with E-state index in [1.807, 2.05) is 0 Å². The molecule has 0 spiro atoms. The van der Waals surface area contributed by atoms with Gasteiger partial charge in [-0.25, -0.2) is 12.8 Å². The van der Waals surface area contributed by atoms with E-state index in [4.69, 9.17) is 4.74 Å². The van der Waals surface area contributed by atoms with Crippen LogP contribution in [-0.2, 0) is 16.4 Å². The summed E-state index contributed by atoms with van der Waals surface area (Å²) < 4.78 is 43.5. The lowest BCUT2D eigenvalue weighted by molar-refractivity contribution is 0.106. The molecule has 6 nitrogen and oxygen atoms in total. The Labute approximate surface area is 153 Å². The number of anilines is 1. The highest BCUT2D eigenvalue weighted by Gasteiger charge is 2.07. The van der Waals surface area contributed by atoms with Gasteiger partial charge in [-0.2, -0.15) is 0 Å². The zero-order valence-corrected chi connectivity index (χ0v) is 15.3. The summed E-state index contributed by atoms with van der Waals surface area (Å²) in [6, 6.07) is 13.0. The van der Waals surface area contributed by atoms with Gasteiger partial charge in [-0.15, -0.1) is 0 Å². The highest BCUT2D eigenvalue weighted by atomic mass is 32.2. The third kappa shape index (κ3) is 7.38. The molecular weight excluding hydrogens is 359 g/mol. The summed E-state index contributed by atoms with van der Waals surface area (Å²) >= 11 is 0. The number of halogens is 1. The van der Waals surface area contributed by atoms with E-state index in [1.165, 1.54) is 6.07 Å². The molecule has 0 aliphatic rings. The van der Waals surface area contributed by atoms with Crippen molar-refractivity contribution in [3.8, 4) is 5.75 Å². The van der Waals surface area contributed by atoms with Crippen LogP contribution in [0.15, 0.2) is 48.5 Å². The van der Waals surface area contributed by atoms with Gasteiger partial charge in [0, 0.05) is 12.2 Å². The Morgan fingerprint density at radius 1 is 1.15 bits per heavy atom. The largest absolute Gasteiger partial charge is 0.491 e. The molecule has 142 valence electrons. The lowest BCUT2D eigenvalue weighted by Crippen LogP contribution is -2.32. The average Bonchev–Trinajstić information content (AvgIpc) is 2.58. The summed E-state index contributed by atoms with van der Waals surface area (Å²) in [5, 5.41) is 13.0. The van der Waals surface area contributed by atoms with Crippen molar-refractivity contribution in [2.45, 2.75) is 12.5 Å². The van der Waals surface area contributed by atoms with E-state index in [2.05, 4.69) is 10.0 Å². The summed E-state index contributed by atoms with van der Waals surface area (Å²) in [6.45, 7) is 0.956. The molecule has 2 rings (SSSR count). The molecule has 3 N–H and O–H groups in total. The SMILES string of the molecule is CS(=O)(=O)Nc1ccc(OC[C@@H](O)CNCCc2ccccc2F)cc1. The molecular formula is C18H23FN2O4S. The molecule has 0 heterocycles. The van der Waals surface area contributed by atoms with Crippen LogP contribution in [-0.4, -0.2) is 45.6 Å². The fourth-order valence-corrected chi connectivity index (χ4v) is 2.84. The highest BCUT2D eigenvalue weighted by molar-refractivity contribution is 7.92. The Hall–Kier alpha value is -2.16. The first-order chi connectivity index (χ1) is 12.3. The van der Waals surface area contributed by atoms with Gasteiger partial charge in [-0.1, -0.05) is 18.2 Å². The third-order valence-electron chi connectivity index (χ3n) is 3.51. The molecule has 26 heavy (non-hydrogen) atoms. The second-order valence-electron chi connectivity index (χ2n) is 5.91. The quantitative estimate of drug-likeness (QED) is 0.545. The fraction of sp³-hybridized carbons (Fsp3) is 0.333. The lowest BCUT2D eigenvalue weighted by atomic mass is 10.1. The van der Waals surface area contributed by atoms with Crippen LogP contribution in [0, 0.1) is 5.82 Å². The summed E-state index contributed by atoms with van der Waals surface area (Å²) in [7, 11) is -3.31. The van der Waals surface area contributed by atoms with Gasteiger partial charge in [-0.05, 0) is 48.9 Å². The number of ether oxygens (including phenoxy) is 1. The van der Waals surface area contributed by atoms with Crippen LogP contribution in [0.4, 0.5) is 10.1 Å². The van der Waals surface area contributed by atoms with Gasteiger partial charge in [0.05, 0.1) is 6.26 Å². The standard InChI is InChI=1S/C18H23FN2O4S/c1-26(23,24)21-15-6-8-17(9-7-15)25-13-16(22)12-20-11-10-14-4-2-3-5-18(14)19/h2-9,16,20-22H,10-13H2,1H3/t16-/m0/s1. The number of hydrogen-bond donors (Lipinski definition) is 3. The van der Waals surface area contributed by atoms with Gasteiger partial charge >= 0.3 is 0 Å². The second kappa shape index (κ2) is 9.51. The number of benzene rings is 2. The Kier molecular flexibility index (Phi) is 7.38. The molecule has 0 aliphatic carbocycles. The van der Waals surface area contributed by atoms with E-state index in [0.717, 1.165) is 6.26 Å². The molecule has 2 aromatic rings. The maximum atomic E-state index is 13.5. The topological polar surface area (TPSA) is 87.7 Å². The predicted molar refractivity (Wildman–Crippen MR) is 99.4 cm³/mol. The minimum Gasteiger partial charge on any atom is -0.491 e. The van der Waals surface area contributed by atoms with E-state index in [-0.39, 0.29) is 12.4 Å². The van der Waals surface area contributed by atoms with Gasteiger partial charge in [0.1, 0.15) is 24.3 Å². The first-order valence-corrected chi connectivity index (χ1v) is 10.1. The van der Waals surface area contributed by atoms with Crippen molar-refractivity contribution in [2.75, 3.05) is 30.7 Å². The lowest BCUT2D eigenvalue weighted by Gasteiger charge is -2.14. The fourth-order valence-electron chi connectivity index (χ4n) is 2.28. The summed E-state index contributed by atoms with van der Waals surface area (Å²) in [6.07, 6.45) is 0.895. The van der Waals surface area contributed by atoms with Crippen molar-refractivity contribution in [3.05, 3.63) is 59.9 Å². The van der Waals surface area contributed by atoms with Gasteiger partial charge in [-0.3, -0.25) is 4.72 Å². The van der Waals surface area contributed by atoms with Crippen molar-refractivity contribution in [2.24, 2.45) is 0 Å². The monoisotopic (exact) mass is 382 g/mol. The Bertz CT molecular complexity index is 797. The number of sulfonamides is 1. The van der Waals surface area contributed by atoms with E-state index in [1.54, 1.807) is 42.5 Å². The van der Waals surface area contributed by atoms with E-state index in [0.29, 0.717) is 36.5 Å². The van der Waals surface area contributed by atoms with Crippen molar-refractivity contribution in [1.82, 2.24) is 5.32 Å². The minimum absolute atomic E-state index is 0.0888. The smallest absolute Gasteiger partial charge is 0.229 e. The minimum atomic E-state index is -3.31. The van der Waals surface area contributed by atoms with Crippen LogP contribution in [0.3, 0.4) is 0 Å². The van der Waals surface area contributed by atoms with Crippen LogP contribution in [0.1, 0.15) is 5.56 Å². The van der Waals surface area contributed by atoms with Crippen LogP contribution >= 0.6 is 0 Å². The van der Waals surface area contributed by atoms with Crippen LogP contribution in [0.5, 0.6) is 5.75 Å². The summed E-state index contributed by atoms with van der Waals surface area (Å²) in [5.41, 5.74) is 1.07. The normalized spacial score (nSPS) is 12.6. The maximum Gasteiger partial charge on any atom is 0.229 e. The second-order valence-corrected chi connectivity index (χ2v) is 7.66. The molecule has 0 amide bonds. The van der Waals surface area contributed by atoms with Crippen LogP contribution < -0.4 is 14.8 Å². The van der Waals surface area contributed by atoms with Gasteiger partial charge < -0.3 is 15.2 Å². The predicted octanol–water partition coefficient (Wildman–Crippen LogP) is 1.77. The van der Waals surface area contributed by atoms with Crippen molar-refractivity contribution in [1.29, 1.82) is 0 Å². The molecule has 0 saturated heterocycles. The van der Waals surface area contributed by atoms with Gasteiger partial charge in [0.15, 0.2) is 0 Å². The molecule has 0 radical (unpaired) electrons. The number of rotatable bonds is 10. The Balaban J connectivity index is 1.67. The number of nitrogens with one attached hydrogen (secondary N) is 2. The van der Waals surface area contributed by atoms with E-state index >= 15 is 0 Å². The maximum absolute atomic E-state index is 13.5. The van der Waals surface area contributed by atoms with E-state index in [9.17, 15) is 17.9 Å². The molecule has 1 atom stereocenters. The highest BCUT2D eigenvalue weighted by Crippen LogP contribution is 2.16.